The third kappa shape index (κ3) is 3.48. The zero-order valence-electron chi connectivity index (χ0n) is 13.0. The Labute approximate surface area is 147 Å². The van der Waals surface area contributed by atoms with Crippen molar-refractivity contribution in [2.24, 2.45) is 5.73 Å². The summed E-state index contributed by atoms with van der Waals surface area (Å²) in [4.78, 5) is 39.0. The van der Waals surface area contributed by atoms with Crippen LogP contribution in [0.1, 0.15) is 0 Å². The first kappa shape index (κ1) is 17.0. The molecule has 128 valence electrons. The lowest BCUT2D eigenvalue weighted by atomic mass is 10.2. The van der Waals surface area contributed by atoms with Gasteiger partial charge in [0.1, 0.15) is 5.82 Å². The van der Waals surface area contributed by atoms with E-state index in [1.165, 1.54) is 29.2 Å². The number of imide groups is 1. The topological polar surface area (TPSA) is 83.7 Å². The summed E-state index contributed by atoms with van der Waals surface area (Å²) < 4.78 is 13.1. The number of benzene rings is 2. The summed E-state index contributed by atoms with van der Waals surface area (Å²) in [7, 11) is 0. The van der Waals surface area contributed by atoms with Crippen molar-refractivity contribution in [3.05, 3.63) is 60.4 Å². The molecule has 1 aliphatic rings. The van der Waals surface area contributed by atoms with Crippen LogP contribution in [-0.4, -0.2) is 29.0 Å². The maximum absolute atomic E-state index is 13.1. The number of thioether (sulfide) groups is 1. The molecule has 0 spiro atoms. The van der Waals surface area contributed by atoms with E-state index < -0.39 is 28.2 Å². The number of primary amides is 1. The molecule has 2 aromatic rings. The average Bonchev–Trinajstić information content (AvgIpc) is 2.89. The number of anilines is 2. The first-order valence-electron chi connectivity index (χ1n) is 7.37. The van der Waals surface area contributed by atoms with Gasteiger partial charge in [-0.3, -0.25) is 14.4 Å². The molecule has 0 bridgehead atoms. The van der Waals surface area contributed by atoms with Crippen molar-refractivity contribution in [2.75, 3.05) is 16.3 Å². The molecule has 3 amide bonds. The summed E-state index contributed by atoms with van der Waals surface area (Å²) in [6.45, 7) is -0.210. The molecule has 0 aliphatic carbocycles. The van der Waals surface area contributed by atoms with Gasteiger partial charge < -0.3 is 10.6 Å². The number of para-hydroxylation sites is 1. The van der Waals surface area contributed by atoms with Gasteiger partial charge in [0, 0.05) is 5.69 Å². The summed E-state index contributed by atoms with van der Waals surface area (Å²) in [6.07, 6.45) is 0. The highest BCUT2D eigenvalue weighted by molar-refractivity contribution is 8.16. The molecule has 1 heterocycles. The number of amides is 3. The van der Waals surface area contributed by atoms with Gasteiger partial charge in [0.25, 0.3) is 11.1 Å². The third-order valence-corrected chi connectivity index (χ3v) is 4.67. The van der Waals surface area contributed by atoms with Crippen molar-refractivity contribution in [1.82, 2.24) is 0 Å². The Morgan fingerprint density at radius 1 is 1.12 bits per heavy atom. The summed E-state index contributed by atoms with van der Waals surface area (Å²) >= 11 is 0.788. The van der Waals surface area contributed by atoms with Crippen LogP contribution < -0.4 is 15.5 Å². The minimum absolute atomic E-state index is 0.210. The number of carbonyl (C=O) groups is 3. The number of halogens is 1. The Balaban J connectivity index is 1.93. The van der Waals surface area contributed by atoms with Crippen LogP contribution in [0.25, 0.3) is 0 Å². The van der Waals surface area contributed by atoms with Crippen molar-refractivity contribution in [3.63, 3.8) is 0 Å². The molecule has 0 saturated carbocycles. The lowest BCUT2D eigenvalue weighted by Gasteiger charge is -2.27. The molecule has 0 aromatic heterocycles. The Kier molecular flexibility index (Phi) is 4.71. The Morgan fingerprint density at radius 3 is 2.36 bits per heavy atom. The molecular weight excluding hydrogens is 345 g/mol. The Bertz CT molecular complexity index is 814. The van der Waals surface area contributed by atoms with E-state index >= 15 is 0 Å². The molecular formula is C17H14FN3O3S. The average molecular weight is 359 g/mol. The fourth-order valence-electron chi connectivity index (χ4n) is 2.52. The minimum atomic E-state index is -0.924. The normalized spacial score (nSPS) is 17.0. The van der Waals surface area contributed by atoms with Gasteiger partial charge in [-0.15, -0.1) is 0 Å². The van der Waals surface area contributed by atoms with Gasteiger partial charge in [-0.25, -0.2) is 9.29 Å². The first-order chi connectivity index (χ1) is 12.0. The van der Waals surface area contributed by atoms with Crippen molar-refractivity contribution >= 4 is 40.2 Å². The summed E-state index contributed by atoms with van der Waals surface area (Å²) in [5, 5.41) is -1.42. The van der Waals surface area contributed by atoms with E-state index in [1.54, 1.807) is 30.3 Å². The van der Waals surface area contributed by atoms with Gasteiger partial charge in [0.2, 0.25) is 5.91 Å². The van der Waals surface area contributed by atoms with Crippen LogP contribution in [0.15, 0.2) is 54.6 Å². The molecule has 25 heavy (non-hydrogen) atoms. The molecule has 0 radical (unpaired) electrons. The second-order valence-corrected chi connectivity index (χ2v) is 6.35. The SMILES string of the molecule is NC(=O)CN(c1ccccc1)C1SC(=O)N(c2ccc(F)cc2)C1=O. The zero-order valence-corrected chi connectivity index (χ0v) is 13.8. The second-order valence-electron chi connectivity index (χ2n) is 5.32. The van der Waals surface area contributed by atoms with E-state index in [-0.39, 0.29) is 12.2 Å². The zero-order chi connectivity index (χ0) is 18.0. The predicted octanol–water partition coefficient (Wildman–Crippen LogP) is 2.34. The van der Waals surface area contributed by atoms with Crippen molar-refractivity contribution in [1.29, 1.82) is 0 Å². The van der Waals surface area contributed by atoms with Crippen LogP contribution in [-0.2, 0) is 9.59 Å². The van der Waals surface area contributed by atoms with Gasteiger partial charge >= 0.3 is 0 Å². The van der Waals surface area contributed by atoms with E-state index in [1.807, 2.05) is 0 Å². The minimum Gasteiger partial charge on any atom is -0.368 e. The molecule has 1 saturated heterocycles. The van der Waals surface area contributed by atoms with E-state index in [2.05, 4.69) is 0 Å². The lowest BCUT2D eigenvalue weighted by Crippen LogP contribution is -2.45. The summed E-state index contributed by atoms with van der Waals surface area (Å²) in [5.74, 6) is -1.59. The molecule has 2 aromatic carbocycles. The summed E-state index contributed by atoms with van der Waals surface area (Å²) in [5.41, 5.74) is 6.17. The molecule has 6 nitrogen and oxygen atoms in total. The first-order valence-corrected chi connectivity index (χ1v) is 8.25. The van der Waals surface area contributed by atoms with Crippen molar-refractivity contribution in [2.45, 2.75) is 5.37 Å². The number of rotatable bonds is 5. The number of hydrogen-bond donors (Lipinski definition) is 1. The number of nitrogens with zero attached hydrogens (tertiary/aromatic N) is 2. The van der Waals surface area contributed by atoms with Crippen molar-refractivity contribution < 1.29 is 18.8 Å². The smallest absolute Gasteiger partial charge is 0.295 e. The highest BCUT2D eigenvalue weighted by atomic mass is 32.2. The number of nitrogens with two attached hydrogens (primary N) is 1. The molecule has 1 aliphatic heterocycles. The Hall–Kier alpha value is -2.87. The van der Waals surface area contributed by atoms with Crippen LogP contribution in [0.4, 0.5) is 20.6 Å². The lowest BCUT2D eigenvalue weighted by molar-refractivity contribution is -0.117. The van der Waals surface area contributed by atoms with Crippen LogP contribution in [0.3, 0.4) is 0 Å². The molecule has 1 unspecified atom stereocenters. The molecule has 2 N–H and O–H groups in total. The number of carbonyl (C=O) groups excluding carboxylic acids is 3. The van der Waals surface area contributed by atoms with E-state index in [0.717, 1.165) is 16.7 Å². The van der Waals surface area contributed by atoms with Gasteiger partial charge in [0.05, 0.1) is 12.2 Å². The van der Waals surface area contributed by atoms with Crippen molar-refractivity contribution in [3.8, 4) is 0 Å². The van der Waals surface area contributed by atoms with Gasteiger partial charge in [-0.1, -0.05) is 18.2 Å². The largest absolute Gasteiger partial charge is 0.368 e. The highest BCUT2D eigenvalue weighted by Crippen LogP contribution is 2.35. The monoisotopic (exact) mass is 359 g/mol. The van der Waals surface area contributed by atoms with Gasteiger partial charge in [-0.2, -0.15) is 0 Å². The maximum Gasteiger partial charge on any atom is 0.295 e. The molecule has 1 atom stereocenters. The van der Waals surface area contributed by atoms with E-state index in [0.29, 0.717) is 5.69 Å². The van der Waals surface area contributed by atoms with Gasteiger partial charge in [0.15, 0.2) is 5.37 Å². The predicted molar refractivity (Wildman–Crippen MR) is 93.6 cm³/mol. The quantitative estimate of drug-likeness (QED) is 0.886. The molecule has 3 rings (SSSR count). The Morgan fingerprint density at radius 2 is 1.76 bits per heavy atom. The maximum atomic E-state index is 13.1. The van der Waals surface area contributed by atoms with Crippen LogP contribution >= 0.6 is 11.8 Å². The molecule has 1 fully saturated rings. The van der Waals surface area contributed by atoms with Crippen LogP contribution in [0.5, 0.6) is 0 Å². The summed E-state index contributed by atoms with van der Waals surface area (Å²) in [6, 6.07) is 13.8. The number of hydrogen-bond acceptors (Lipinski definition) is 5. The van der Waals surface area contributed by atoms with E-state index in [9.17, 15) is 18.8 Å². The van der Waals surface area contributed by atoms with Crippen LogP contribution in [0, 0.1) is 5.82 Å². The van der Waals surface area contributed by atoms with Gasteiger partial charge in [-0.05, 0) is 48.2 Å². The standard InChI is InChI=1S/C17H14FN3O3S/c18-11-6-8-13(9-7-11)21-15(23)16(25-17(21)24)20(10-14(19)22)12-4-2-1-3-5-12/h1-9,16H,10H2,(H2,19,22). The second kappa shape index (κ2) is 6.94. The van der Waals surface area contributed by atoms with E-state index in [4.69, 9.17) is 5.73 Å². The molecule has 8 heteroatoms. The van der Waals surface area contributed by atoms with Crippen LogP contribution in [0.2, 0.25) is 0 Å². The fourth-order valence-corrected chi connectivity index (χ4v) is 3.54. The highest BCUT2D eigenvalue weighted by Gasteiger charge is 2.44. The third-order valence-electron chi connectivity index (χ3n) is 3.61. The fraction of sp³-hybridized carbons (Fsp3) is 0.118.